The molecule has 18 heavy (non-hydrogen) atoms. The molecule has 0 spiro atoms. The Morgan fingerprint density at radius 1 is 1.22 bits per heavy atom. The zero-order valence-corrected chi connectivity index (χ0v) is 12.8. The molecule has 3 heteroatoms. The second-order valence-corrected chi connectivity index (χ2v) is 6.19. The first kappa shape index (κ1) is 15.9. The van der Waals surface area contributed by atoms with Crippen LogP contribution in [0, 0.1) is 0 Å². The summed E-state index contributed by atoms with van der Waals surface area (Å²) in [5, 5.41) is 3.70. The average molecular weight is 256 g/mol. The van der Waals surface area contributed by atoms with Gasteiger partial charge in [0.15, 0.2) is 0 Å². The lowest BCUT2D eigenvalue weighted by Crippen LogP contribution is -2.55. The summed E-state index contributed by atoms with van der Waals surface area (Å²) in [6.07, 6.45) is 5.32. The van der Waals surface area contributed by atoms with E-state index in [1.807, 2.05) is 0 Å². The van der Waals surface area contributed by atoms with Gasteiger partial charge in [0.1, 0.15) is 0 Å². The van der Waals surface area contributed by atoms with Crippen molar-refractivity contribution in [2.24, 2.45) is 0 Å². The summed E-state index contributed by atoms with van der Waals surface area (Å²) in [5.74, 6) is 0. The van der Waals surface area contributed by atoms with Crippen molar-refractivity contribution in [3.05, 3.63) is 0 Å². The lowest BCUT2D eigenvalue weighted by molar-refractivity contribution is -0.0103. The zero-order valence-electron chi connectivity index (χ0n) is 12.8. The summed E-state index contributed by atoms with van der Waals surface area (Å²) in [6, 6.07) is 0.636. The van der Waals surface area contributed by atoms with Gasteiger partial charge in [0.25, 0.3) is 0 Å². The first-order valence-corrected chi connectivity index (χ1v) is 7.62. The summed E-state index contributed by atoms with van der Waals surface area (Å²) < 4.78 is 5.42. The van der Waals surface area contributed by atoms with Gasteiger partial charge in [-0.15, -0.1) is 0 Å². The Hall–Kier alpha value is -0.120. The Kier molecular flexibility index (Phi) is 7.20. The fourth-order valence-electron chi connectivity index (χ4n) is 2.51. The van der Waals surface area contributed by atoms with E-state index >= 15 is 0 Å². The molecule has 0 aliphatic carbocycles. The van der Waals surface area contributed by atoms with E-state index in [1.165, 1.54) is 25.7 Å². The van der Waals surface area contributed by atoms with E-state index < -0.39 is 0 Å². The maximum Gasteiger partial charge on any atom is 0.0594 e. The van der Waals surface area contributed by atoms with E-state index in [9.17, 15) is 0 Å². The number of unbranched alkanes of at least 4 members (excludes halogenated alkanes) is 2. The Morgan fingerprint density at radius 3 is 2.50 bits per heavy atom. The Bertz CT molecular complexity index is 213. The maximum atomic E-state index is 5.42. The molecule has 0 aromatic carbocycles. The molecule has 1 N–H and O–H groups in total. The number of hydrogen-bond donors (Lipinski definition) is 1. The molecular formula is C15H32N2O. The van der Waals surface area contributed by atoms with Gasteiger partial charge in [-0.05, 0) is 27.2 Å². The van der Waals surface area contributed by atoms with E-state index in [0.717, 1.165) is 32.8 Å². The van der Waals surface area contributed by atoms with Crippen molar-refractivity contribution in [1.29, 1.82) is 0 Å². The summed E-state index contributed by atoms with van der Waals surface area (Å²) in [5.41, 5.74) is 0.239. The molecule has 1 heterocycles. The van der Waals surface area contributed by atoms with E-state index in [1.54, 1.807) is 0 Å². The highest BCUT2D eigenvalue weighted by Gasteiger charge is 2.28. The molecule has 1 aliphatic heterocycles. The van der Waals surface area contributed by atoms with Gasteiger partial charge in [-0.3, -0.25) is 4.90 Å². The molecule has 0 amide bonds. The minimum absolute atomic E-state index is 0.239. The normalized spacial score (nSPS) is 20.0. The third-order valence-electron chi connectivity index (χ3n) is 3.99. The first-order chi connectivity index (χ1) is 8.56. The van der Waals surface area contributed by atoms with Crippen LogP contribution in [0.25, 0.3) is 0 Å². The predicted molar refractivity (Wildman–Crippen MR) is 78.1 cm³/mol. The molecule has 1 saturated heterocycles. The monoisotopic (exact) mass is 256 g/mol. The maximum absolute atomic E-state index is 5.42. The van der Waals surface area contributed by atoms with Crippen molar-refractivity contribution in [2.75, 3.05) is 32.8 Å². The highest BCUT2D eigenvalue weighted by Crippen LogP contribution is 2.15. The van der Waals surface area contributed by atoms with Crippen LogP contribution in [0.3, 0.4) is 0 Å². The number of morpholine rings is 1. The van der Waals surface area contributed by atoms with E-state index in [2.05, 4.69) is 37.9 Å². The predicted octanol–water partition coefficient (Wildman–Crippen LogP) is 2.66. The van der Waals surface area contributed by atoms with Crippen LogP contribution in [-0.4, -0.2) is 49.3 Å². The SMILES string of the molecule is CCCCCC(C)NCC(C)(C)N1CCOCC1. The Labute approximate surface area is 113 Å². The van der Waals surface area contributed by atoms with Crippen LogP contribution >= 0.6 is 0 Å². The van der Waals surface area contributed by atoms with Crippen molar-refractivity contribution in [3.8, 4) is 0 Å². The molecule has 1 rings (SSSR count). The molecule has 1 atom stereocenters. The molecule has 0 radical (unpaired) electrons. The molecular weight excluding hydrogens is 224 g/mol. The molecule has 1 aliphatic rings. The first-order valence-electron chi connectivity index (χ1n) is 7.62. The average Bonchev–Trinajstić information content (AvgIpc) is 2.38. The van der Waals surface area contributed by atoms with Crippen LogP contribution < -0.4 is 5.32 Å². The van der Waals surface area contributed by atoms with Crippen LogP contribution in [0.2, 0.25) is 0 Å². The molecule has 0 bridgehead atoms. The smallest absolute Gasteiger partial charge is 0.0594 e. The summed E-state index contributed by atoms with van der Waals surface area (Å²) in [7, 11) is 0. The number of hydrogen-bond acceptors (Lipinski definition) is 3. The van der Waals surface area contributed by atoms with Gasteiger partial charge in [0.05, 0.1) is 13.2 Å². The molecule has 108 valence electrons. The highest BCUT2D eigenvalue weighted by molar-refractivity contribution is 4.86. The van der Waals surface area contributed by atoms with E-state index in [4.69, 9.17) is 4.74 Å². The van der Waals surface area contributed by atoms with Crippen LogP contribution in [0.4, 0.5) is 0 Å². The van der Waals surface area contributed by atoms with Crippen molar-refractivity contribution in [2.45, 2.75) is 65.0 Å². The minimum atomic E-state index is 0.239. The van der Waals surface area contributed by atoms with Gasteiger partial charge < -0.3 is 10.1 Å². The standard InChI is InChI=1S/C15H32N2O/c1-5-6-7-8-14(2)16-13-15(3,4)17-9-11-18-12-10-17/h14,16H,5-13H2,1-4H3. The van der Waals surface area contributed by atoms with E-state index in [0.29, 0.717) is 6.04 Å². The van der Waals surface area contributed by atoms with Crippen LogP contribution in [-0.2, 0) is 4.74 Å². The second-order valence-electron chi connectivity index (χ2n) is 6.19. The fourth-order valence-corrected chi connectivity index (χ4v) is 2.51. The van der Waals surface area contributed by atoms with Gasteiger partial charge in [0, 0.05) is 31.2 Å². The van der Waals surface area contributed by atoms with Gasteiger partial charge in [-0.1, -0.05) is 26.2 Å². The number of nitrogens with zero attached hydrogens (tertiary/aromatic N) is 1. The number of ether oxygens (including phenoxy) is 1. The minimum Gasteiger partial charge on any atom is -0.379 e. The molecule has 1 unspecified atom stereocenters. The Balaban J connectivity index is 2.22. The summed E-state index contributed by atoms with van der Waals surface area (Å²) >= 11 is 0. The fraction of sp³-hybridized carbons (Fsp3) is 1.00. The largest absolute Gasteiger partial charge is 0.379 e. The van der Waals surface area contributed by atoms with Crippen LogP contribution in [0.1, 0.15) is 53.4 Å². The van der Waals surface area contributed by atoms with Crippen molar-refractivity contribution >= 4 is 0 Å². The molecule has 0 saturated carbocycles. The number of nitrogens with one attached hydrogen (secondary N) is 1. The zero-order chi connectivity index (χ0) is 13.4. The van der Waals surface area contributed by atoms with Crippen LogP contribution in [0.15, 0.2) is 0 Å². The topological polar surface area (TPSA) is 24.5 Å². The molecule has 0 aromatic heterocycles. The van der Waals surface area contributed by atoms with Gasteiger partial charge in [0.2, 0.25) is 0 Å². The lowest BCUT2D eigenvalue weighted by atomic mass is 10.0. The van der Waals surface area contributed by atoms with Crippen LogP contribution in [0.5, 0.6) is 0 Å². The quantitative estimate of drug-likeness (QED) is 0.676. The lowest BCUT2D eigenvalue weighted by Gasteiger charge is -2.41. The number of rotatable bonds is 8. The van der Waals surface area contributed by atoms with Gasteiger partial charge in [-0.2, -0.15) is 0 Å². The Morgan fingerprint density at radius 2 is 1.89 bits per heavy atom. The molecule has 3 nitrogen and oxygen atoms in total. The van der Waals surface area contributed by atoms with Crippen molar-refractivity contribution in [3.63, 3.8) is 0 Å². The third kappa shape index (κ3) is 5.68. The highest BCUT2D eigenvalue weighted by atomic mass is 16.5. The molecule has 0 aromatic rings. The molecule has 1 fully saturated rings. The van der Waals surface area contributed by atoms with Gasteiger partial charge in [-0.25, -0.2) is 0 Å². The summed E-state index contributed by atoms with van der Waals surface area (Å²) in [4.78, 5) is 2.54. The van der Waals surface area contributed by atoms with Crippen molar-refractivity contribution < 1.29 is 4.74 Å². The van der Waals surface area contributed by atoms with E-state index in [-0.39, 0.29) is 5.54 Å². The third-order valence-corrected chi connectivity index (χ3v) is 3.99. The second kappa shape index (κ2) is 8.13. The summed E-state index contributed by atoms with van der Waals surface area (Å²) in [6.45, 7) is 14.2. The van der Waals surface area contributed by atoms with Crippen molar-refractivity contribution in [1.82, 2.24) is 10.2 Å². The van der Waals surface area contributed by atoms with Gasteiger partial charge >= 0.3 is 0 Å².